The number of hydrogen-bond donors (Lipinski definition) is 1. The molecule has 0 aliphatic heterocycles. The number of benzene rings is 1. The molecule has 0 aromatic heterocycles. The predicted octanol–water partition coefficient (Wildman–Crippen LogP) is 1.92. The van der Waals surface area contributed by atoms with Crippen LogP contribution in [0.4, 0.5) is 10.1 Å². The molecule has 8 heteroatoms. The highest BCUT2D eigenvalue weighted by Gasteiger charge is 2.23. The molecule has 0 fully saturated rings. The van der Waals surface area contributed by atoms with Crippen molar-refractivity contribution in [1.29, 1.82) is 0 Å². The second-order valence-corrected chi connectivity index (χ2v) is 4.50. The van der Waals surface area contributed by atoms with Gasteiger partial charge in [-0.15, -0.1) is 0 Å². The molecule has 1 N–H and O–H groups in total. The minimum Gasteiger partial charge on any atom is -0.481 e. The summed E-state index contributed by atoms with van der Waals surface area (Å²) in [7, 11) is 0. The van der Waals surface area contributed by atoms with Crippen molar-refractivity contribution in [3.05, 3.63) is 39.7 Å². The van der Waals surface area contributed by atoms with E-state index in [0.29, 0.717) is 6.07 Å². The second kappa shape index (κ2) is 6.78. The zero-order chi connectivity index (χ0) is 16.2. The van der Waals surface area contributed by atoms with Crippen LogP contribution in [0.5, 0.6) is 0 Å². The number of halogens is 1. The lowest BCUT2D eigenvalue weighted by Gasteiger charge is -2.23. The number of hydrogen-bond acceptors (Lipinski definition) is 4. The van der Waals surface area contributed by atoms with E-state index in [1.165, 1.54) is 11.8 Å². The van der Waals surface area contributed by atoms with Gasteiger partial charge in [-0.1, -0.05) is 6.92 Å². The van der Waals surface area contributed by atoms with Gasteiger partial charge in [0.05, 0.1) is 22.5 Å². The van der Waals surface area contributed by atoms with E-state index in [9.17, 15) is 24.1 Å². The van der Waals surface area contributed by atoms with Crippen LogP contribution in [0.15, 0.2) is 18.2 Å². The third-order valence-electron chi connectivity index (χ3n) is 2.98. The SMILES string of the molecule is CCN(CC(C)C(=O)O)C(=O)c1ccc([N+](=O)[O-])cc1F. The molecule has 0 saturated heterocycles. The number of nitrogens with zero attached hydrogens (tertiary/aromatic N) is 2. The van der Waals surface area contributed by atoms with Crippen molar-refractivity contribution in [2.75, 3.05) is 13.1 Å². The first-order valence-corrected chi connectivity index (χ1v) is 6.24. The van der Waals surface area contributed by atoms with Crippen molar-refractivity contribution >= 4 is 17.6 Å². The number of amides is 1. The molecule has 1 unspecified atom stereocenters. The number of rotatable bonds is 6. The molecule has 0 bridgehead atoms. The topological polar surface area (TPSA) is 101 Å². The number of nitro benzene ring substituents is 1. The largest absolute Gasteiger partial charge is 0.481 e. The standard InChI is InChI=1S/C13H15FN2O5/c1-3-15(7-8(2)13(18)19)12(17)10-5-4-9(16(20)21)6-11(10)14/h4-6,8H,3,7H2,1-2H3,(H,18,19). The Labute approximate surface area is 120 Å². The van der Waals surface area contributed by atoms with Crippen LogP contribution >= 0.6 is 0 Å². The van der Waals surface area contributed by atoms with Crippen LogP contribution in [0.3, 0.4) is 0 Å². The molecule has 1 rings (SSSR count). The lowest BCUT2D eigenvalue weighted by Crippen LogP contribution is -2.37. The summed E-state index contributed by atoms with van der Waals surface area (Å²) in [6, 6.07) is 2.73. The number of non-ortho nitro benzene ring substituents is 1. The summed E-state index contributed by atoms with van der Waals surface area (Å²) in [5.41, 5.74) is -0.772. The zero-order valence-corrected chi connectivity index (χ0v) is 11.6. The lowest BCUT2D eigenvalue weighted by molar-refractivity contribution is -0.385. The van der Waals surface area contributed by atoms with E-state index in [0.717, 1.165) is 12.1 Å². The summed E-state index contributed by atoms with van der Waals surface area (Å²) in [4.78, 5) is 33.9. The minimum absolute atomic E-state index is 0.0684. The number of carbonyl (C=O) groups is 2. The molecule has 1 aromatic rings. The van der Waals surface area contributed by atoms with Crippen molar-refractivity contribution in [3.63, 3.8) is 0 Å². The first-order chi connectivity index (χ1) is 9.77. The van der Waals surface area contributed by atoms with E-state index < -0.39 is 34.2 Å². The van der Waals surface area contributed by atoms with E-state index in [1.807, 2.05) is 0 Å². The number of nitro groups is 1. The molecule has 21 heavy (non-hydrogen) atoms. The van der Waals surface area contributed by atoms with Crippen molar-refractivity contribution in [1.82, 2.24) is 4.90 Å². The minimum atomic E-state index is -1.06. The maximum atomic E-state index is 13.8. The fourth-order valence-electron chi connectivity index (χ4n) is 1.73. The van der Waals surface area contributed by atoms with Gasteiger partial charge in [-0.05, 0) is 13.0 Å². The highest BCUT2D eigenvalue weighted by Crippen LogP contribution is 2.18. The Morgan fingerprint density at radius 2 is 2.10 bits per heavy atom. The second-order valence-electron chi connectivity index (χ2n) is 4.50. The molecule has 7 nitrogen and oxygen atoms in total. The third-order valence-corrected chi connectivity index (χ3v) is 2.98. The van der Waals surface area contributed by atoms with E-state index in [-0.39, 0.29) is 18.7 Å². The molecular weight excluding hydrogens is 283 g/mol. The Kier molecular flexibility index (Phi) is 5.34. The Balaban J connectivity index is 3.00. The monoisotopic (exact) mass is 298 g/mol. The first-order valence-electron chi connectivity index (χ1n) is 6.24. The molecule has 0 spiro atoms. The quantitative estimate of drug-likeness (QED) is 0.638. The molecule has 0 saturated carbocycles. The predicted molar refractivity (Wildman–Crippen MR) is 71.4 cm³/mol. The van der Waals surface area contributed by atoms with Gasteiger partial charge in [0, 0.05) is 19.2 Å². The summed E-state index contributed by atoms with van der Waals surface area (Å²) in [5.74, 6) is -3.56. The van der Waals surface area contributed by atoms with E-state index >= 15 is 0 Å². The zero-order valence-electron chi connectivity index (χ0n) is 11.6. The molecule has 0 aliphatic rings. The van der Waals surface area contributed by atoms with E-state index in [4.69, 9.17) is 5.11 Å². The van der Waals surface area contributed by atoms with Crippen LogP contribution in [-0.4, -0.2) is 39.9 Å². The average molecular weight is 298 g/mol. The lowest BCUT2D eigenvalue weighted by atomic mass is 10.1. The van der Waals surface area contributed by atoms with E-state index in [1.54, 1.807) is 6.92 Å². The van der Waals surface area contributed by atoms with Crippen LogP contribution in [0.2, 0.25) is 0 Å². The molecule has 1 aromatic carbocycles. The average Bonchev–Trinajstić information content (AvgIpc) is 2.43. The Bertz CT molecular complexity index is 576. The van der Waals surface area contributed by atoms with Gasteiger partial charge < -0.3 is 10.0 Å². The molecule has 0 radical (unpaired) electrons. The van der Waals surface area contributed by atoms with Gasteiger partial charge in [0.15, 0.2) is 0 Å². The van der Waals surface area contributed by atoms with Gasteiger partial charge in [-0.3, -0.25) is 19.7 Å². The summed E-state index contributed by atoms with van der Waals surface area (Å²) in [6.07, 6.45) is 0. The molecule has 0 heterocycles. The Hall–Kier alpha value is -2.51. The van der Waals surface area contributed by atoms with E-state index in [2.05, 4.69) is 0 Å². The number of aliphatic carboxylic acids is 1. The van der Waals surface area contributed by atoms with Crippen LogP contribution in [0.1, 0.15) is 24.2 Å². The summed E-state index contributed by atoms with van der Waals surface area (Å²) >= 11 is 0. The molecular formula is C13H15FN2O5. The fraction of sp³-hybridized carbons (Fsp3) is 0.385. The van der Waals surface area contributed by atoms with Gasteiger partial charge in [-0.25, -0.2) is 4.39 Å². The van der Waals surface area contributed by atoms with Gasteiger partial charge in [0.2, 0.25) is 0 Å². The van der Waals surface area contributed by atoms with Crippen molar-refractivity contribution in [3.8, 4) is 0 Å². The maximum Gasteiger partial charge on any atom is 0.308 e. The number of carboxylic acid groups (broad SMARTS) is 1. The van der Waals surface area contributed by atoms with Gasteiger partial charge in [0.1, 0.15) is 5.82 Å². The Morgan fingerprint density at radius 3 is 2.52 bits per heavy atom. The Morgan fingerprint density at radius 1 is 1.48 bits per heavy atom. The fourth-order valence-corrected chi connectivity index (χ4v) is 1.73. The van der Waals surface area contributed by atoms with Gasteiger partial charge >= 0.3 is 5.97 Å². The van der Waals surface area contributed by atoms with Crippen LogP contribution in [-0.2, 0) is 4.79 Å². The normalized spacial score (nSPS) is 11.8. The summed E-state index contributed by atoms with van der Waals surface area (Å²) in [6.45, 7) is 3.20. The molecule has 0 aliphatic carbocycles. The highest BCUT2D eigenvalue weighted by atomic mass is 19.1. The van der Waals surface area contributed by atoms with Crippen molar-refractivity contribution < 1.29 is 24.0 Å². The third kappa shape index (κ3) is 3.98. The summed E-state index contributed by atoms with van der Waals surface area (Å²) in [5, 5.41) is 19.4. The number of carbonyl (C=O) groups excluding carboxylic acids is 1. The summed E-state index contributed by atoms with van der Waals surface area (Å²) < 4.78 is 13.8. The highest BCUT2D eigenvalue weighted by molar-refractivity contribution is 5.95. The molecule has 114 valence electrons. The van der Waals surface area contributed by atoms with Gasteiger partial charge in [0.25, 0.3) is 11.6 Å². The molecule has 1 atom stereocenters. The smallest absolute Gasteiger partial charge is 0.308 e. The maximum absolute atomic E-state index is 13.8. The van der Waals surface area contributed by atoms with Crippen LogP contribution in [0, 0.1) is 21.8 Å². The van der Waals surface area contributed by atoms with Crippen molar-refractivity contribution in [2.45, 2.75) is 13.8 Å². The van der Waals surface area contributed by atoms with Crippen LogP contribution in [0.25, 0.3) is 0 Å². The molecule has 1 amide bonds. The first kappa shape index (κ1) is 16.5. The number of carboxylic acids is 1. The van der Waals surface area contributed by atoms with Crippen molar-refractivity contribution in [2.24, 2.45) is 5.92 Å². The van der Waals surface area contributed by atoms with Crippen LogP contribution < -0.4 is 0 Å². The van der Waals surface area contributed by atoms with Gasteiger partial charge in [-0.2, -0.15) is 0 Å².